The van der Waals surface area contributed by atoms with Gasteiger partial charge in [-0.3, -0.25) is 15.6 Å². The summed E-state index contributed by atoms with van der Waals surface area (Å²) in [5.74, 6) is 0.548. The lowest BCUT2D eigenvalue weighted by molar-refractivity contribution is -0.121. The van der Waals surface area contributed by atoms with E-state index in [-0.39, 0.29) is 18.9 Å². The van der Waals surface area contributed by atoms with Gasteiger partial charge in [0.1, 0.15) is 5.75 Å². The normalized spacial score (nSPS) is 10.5. The molecule has 0 saturated carbocycles. The maximum atomic E-state index is 11.3. The molecule has 0 radical (unpaired) electrons. The highest BCUT2D eigenvalue weighted by Gasteiger charge is 2.01. The van der Waals surface area contributed by atoms with E-state index in [1.165, 1.54) is 57.8 Å². The van der Waals surface area contributed by atoms with E-state index in [2.05, 4.69) is 17.8 Å². The van der Waals surface area contributed by atoms with Crippen LogP contribution in [-0.2, 0) is 4.79 Å². The van der Waals surface area contributed by atoms with Gasteiger partial charge in [-0.15, -0.1) is 0 Å². The van der Waals surface area contributed by atoms with Crippen LogP contribution in [0.15, 0.2) is 24.3 Å². The lowest BCUT2D eigenvalue weighted by Crippen LogP contribution is -2.29. The number of benzene rings is 1. The van der Waals surface area contributed by atoms with Crippen LogP contribution in [0.4, 0.5) is 5.69 Å². The Morgan fingerprint density at radius 1 is 1.00 bits per heavy atom. The Labute approximate surface area is 158 Å². The molecule has 1 aromatic carbocycles. The van der Waals surface area contributed by atoms with Crippen molar-refractivity contribution in [1.29, 1.82) is 0 Å². The minimum Gasteiger partial charge on any atom is -0.494 e. The third kappa shape index (κ3) is 11.7. The first-order chi connectivity index (χ1) is 12.8. The predicted octanol–water partition coefficient (Wildman–Crippen LogP) is 4.81. The van der Waals surface area contributed by atoms with Crippen molar-refractivity contribution in [3.63, 3.8) is 0 Å². The van der Waals surface area contributed by atoms with Crippen LogP contribution in [0.25, 0.3) is 0 Å². The molecule has 0 fully saturated rings. The van der Waals surface area contributed by atoms with Gasteiger partial charge >= 0.3 is 0 Å². The summed E-state index contributed by atoms with van der Waals surface area (Å²) in [7, 11) is 0. The highest BCUT2D eigenvalue weighted by molar-refractivity contribution is 5.77. The molecule has 3 N–H and O–H groups in total. The summed E-state index contributed by atoms with van der Waals surface area (Å²) in [6, 6.07) is 7.51. The van der Waals surface area contributed by atoms with E-state index in [1.807, 2.05) is 24.3 Å². The molecule has 1 aromatic rings. The largest absolute Gasteiger partial charge is 0.494 e. The van der Waals surface area contributed by atoms with Gasteiger partial charge in [0.15, 0.2) is 0 Å². The van der Waals surface area contributed by atoms with Crippen LogP contribution in [0.3, 0.4) is 0 Å². The third-order valence-electron chi connectivity index (χ3n) is 4.29. The standard InChI is InChI=1S/C21H36N2O3/c1-2-3-4-5-6-7-8-9-10-11-17-26-20-14-12-13-19(18-20)22-23-21(25)15-16-24/h12-14,18,22,24H,2-11,15-17H2,1H3,(H,23,25). The van der Waals surface area contributed by atoms with Crippen LogP contribution in [0.1, 0.15) is 77.6 Å². The quantitative estimate of drug-likeness (QED) is 0.291. The van der Waals surface area contributed by atoms with Crippen molar-refractivity contribution in [3.05, 3.63) is 24.3 Å². The van der Waals surface area contributed by atoms with Gasteiger partial charge < -0.3 is 9.84 Å². The summed E-state index contributed by atoms with van der Waals surface area (Å²) in [6.45, 7) is 2.82. The summed E-state index contributed by atoms with van der Waals surface area (Å²) < 4.78 is 5.78. The summed E-state index contributed by atoms with van der Waals surface area (Å²) in [5.41, 5.74) is 6.12. The number of unbranched alkanes of at least 4 members (excludes halogenated alkanes) is 9. The Kier molecular flexibility index (Phi) is 13.3. The Morgan fingerprint density at radius 3 is 2.31 bits per heavy atom. The first-order valence-electron chi connectivity index (χ1n) is 10.1. The van der Waals surface area contributed by atoms with E-state index in [1.54, 1.807) is 0 Å². The number of rotatable bonds is 16. The number of carbonyl (C=O) groups is 1. The van der Waals surface area contributed by atoms with Gasteiger partial charge in [0.25, 0.3) is 0 Å². The van der Waals surface area contributed by atoms with Crippen LogP contribution in [0, 0.1) is 0 Å². The number of carbonyl (C=O) groups excluding carboxylic acids is 1. The zero-order chi connectivity index (χ0) is 18.9. The number of hydrazine groups is 1. The van der Waals surface area contributed by atoms with Crippen molar-refractivity contribution in [2.24, 2.45) is 0 Å². The highest BCUT2D eigenvalue weighted by Crippen LogP contribution is 2.17. The van der Waals surface area contributed by atoms with E-state index in [4.69, 9.17) is 9.84 Å². The van der Waals surface area contributed by atoms with Crippen molar-refractivity contribution in [2.45, 2.75) is 77.6 Å². The van der Waals surface area contributed by atoms with E-state index < -0.39 is 0 Å². The fourth-order valence-electron chi connectivity index (χ4n) is 2.75. The molecule has 26 heavy (non-hydrogen) atoms. The Morgan fingerprint density at radius 2 is 1.65 bits per heavy atom. The summed E-state index contributed by atoms with van der Waals surface area (Å²) in [5, 5.41) is 8.70. The minimum absolute atomic E-state index is 0.0852. The van der Waals surface area contributed by atoms with Gasteiger partial charge in [-0.2, -0.15) is 0 Å². The van der Waals surface area contributed by atoms with E-state index in [0.717, 1.165) is 24.5 Å². The average molecular weight is 365 g/mol. The number of amides is 1. The molecule has 0 aliphatic heterocycles. The van der Waals surface area contributed by atoms with Gasteiger partial charge in [0.05, 0.1) is 25.3 Å². The molecule has 0 atom stereocenters. The maximum absolute atomic E-state index is 11.3. The zero-order valence-electron chi connectivity index (χ0n) is 16.3. The van der Waals surface area contributed by atoms with Crippen molar-refractivity contribution in [1.82, 2.24) is 5.43 Å². The van der Waals surface area contributed by atoms with Crippen molar-refractivity contribution in [3.8, 4) is 5.75 Å². The summed E-state index contributed by atoms with van der Waals surface area (Å²) in [4.78, 5) is 11.3. The lowest BCUT2D eigenvalue weighted by Gasteiger charge is -2.10. The van der Waals surface area contributed by atoms with E-state index >= 15 is 0 Å². The van der Waals surface area contributed by atoms with Gasteiger partial charge in [-0.05, 0) is 18.6 Å². The molecule has 1 amide bonds. The molecule has 0 heterocycles. The number of nitrogens with one attached hydrogen (secondary N) is 2. The van der Waals surface area contributed by atoms with Crippen molar-refractivity contribution >= 4 is 11.6 Å². The van der Waals surface area contributed by atoms with Gasteiger partial charge in [-0.1, -0.05) is 70.8 Å². The number of hydrogen-bond donors (Lipinski definition) is 3. The average Bonchev–Trinajstić information content (AvgIpc) is 2.65. The van der Waals surface area contributed by atoms with E-state index in [9.17, 15) is 4.79 Å². The van der Waals surface area contributed by atoms with Crippen LogP contribution in [0.2, 0.25) is 0 Å². The molecule has 0 spiro atoms. The number of aliphatic hydroxyl groups is 1. The first-order valence-corrected chi connectivity index (χ1v) is 10.1. The molecule has 0 aliphatic rings. The predicted molar refractivity (Wildman–Crippen MR) is 107 cm³/mol. The molecule has 0 unspecified atom stereocenters. The molecule has 5 heteroatoms. The lowest BCUT2D eigenvalue weighted by atomic mass is 10.1. The smallest absolute Gasteiger partial charge is 0.240 e. The molecule has 0 aliphatic carbocycles. The van der Waals surface area contributed by atoms with Gasteiger partial charge in [0, 0.05) is 6.07 Å². The van der Waals surface area contributed by atoms with Crippen LogP contribution < -0.4 is 15.6 Å². The molecule has 148 valence electrons. The maximum Gasteiger partial charge on any atom is 0.240 e. The Balaban J connectivity index is 2.05. The number of aliphatic hydroxyl groups excluding tert-OH is 1. The molecule has 0 saturated heterocycles. The number of hydrogen-bond acceptors (Lipinski definition) is 4. The van der Waals surface area contributed by atoms with Gasteiger partial charge in [0.2, 0.25) is 5.91 Å². The van der Waals surface area contributed by atoms with Crippen LogP contribution >= 0.6 is 0 Å². The molecular weight excluding hydrogens is 328 g/mol. The van der Waals surface area contributed by atoms with Crippen molar-refractivity contribution in [2.75, 3.05) is 18.6 Å². The highest BCUT2D eigenvalue weighted by atomic mass is 16.5. The molecule has 0 bridgehead atoms. The second-order valence-electron chi connectivity index (χ2n) is 6.71. The molecule has 5 nitrogen and oxygen atoms in total. The monoisotopic (exact) mass is 364 g/mol. The minimum atomic E-state index is -0.246. The third-order valence-corrected chi connectivity index (χ3v) is 4.29. The van der Waals surface area contributed by atoms with Crippen molar-refractivity contribution < 1.29 is 14.6 Å². The van der Waals surface area contributed by atoms with E-state index in [0.29, 0.717) is 0 Å². The van der Waals surface area contributed by atoms with Crippen LogP contribution in [-0.4, -0.2) is 24.2 Å². The summed E-state index contributed by atoms with van der Waals surface area (Å²) in [6.07, 6.45) is 13.2. The Hall–Kier alpha value is -1.75. The SMILES string of the molecule is CCCCCCCCCCCCOc1cccc(NNC(=O)CCO)c1. The number of ether oxygens (including phenoxy) is 1. The van der Waals surface area contributed by atoms with Crippen LogP contribution in [0.5, 0.6) is 5.75 Å². The molecule has 0 aromatic heterocycles. The second kappa shape index (κ2) is 15.5. The first kappa shape index (κ1) is 22.3. The zero-order valence-corrected chi connectivity index (χ0v) is 16.3. The molecular formula is C21H36N2O3. The fraction of sp³-hybridized carbons (Fsp3) is 0.667. The second-order valence-corrected chi connectivity index (χ2v) is 6.71. The summed E-state index contributed by atoms with van der Waals surface area (Å²) >= 11 is 0. The topological polar surface area (TPSA) is 70.6 Å². The molecule has 1 rings (SSSR count). The fourth-order valence-corrected chi connectivity index (χ4v) is 2.75. The van der Waals surface area contributed by atoms with Gasteiger partial charge in [-0.25, -0.2) is 0 Å². The Bertz CT molecular complexity index is 480. The number of anilines is 1.